The molecule has 0 saturated carbocycles. The fraction of sp³-hybridized carbons (Fsp3) is 0.600. The van der Waals surface area contributed by atoms with Crippen molar-refractivity contribution in [3.8, 4) is 5.75 Å². The molecule has 104 valence electrons. The first-order valence-electron chi connectivity index (χ1n) is 7.03. The van der Waals surface area contributed by atoms with Gasteiger partial charge in [-0.3, -0.25) is 4.90 Å². The zero-order chi connectivity index (χ0) is 13.2. The Morgan fingerprint density at radius 2 is 2.26 bits per heavy atom. The minimum Gasteiger partial charge on any atom is -0.494 e. The predicted molar refractivity (Wildman–Crippen MR) is 72.7 cm³/mol. The third kappa shape index (κ3) is 2.74. The molecule has 0 unspecified atom stereocenters. The lowest BCUT2D eigenvalue weighted by Gasteiger charge is -2.36. The lowest BCUT2D eigenvalue weighted by molar-refractivity contribution is 0.126. The van der Waals surface area contributed by atoms with Crippen molar-refractivity contribution in [2.75, 3.05) is 26.7 Å². The second kappa shape index (κ2) is 5.47. The number of hydrogen-bond acceptors (Lipinski definition) is 3. The fourth-order valence-electron chi connectivity index (χ4n) is 3.27. The van der Waals surface area contributed by atoms with E-state index < -0.39 is 0 Å². The van der Waals surface area contributed by atoms with Gasteiger partial charge >= 0.3 is 0 Å². The molecule has 2 atom stereocenters. The quantitative estimate of drug-likeness (QED) is 0.904. The number of fused-ring (bicyclic) bond motifs is 4. The molecule has 4 heteroatoms. The van der Waals surface area contributed by atoms with Gasteiger partial charge in [-0.2, -0.15) is 0 Å². The van der Waals surface area contributed by atoms with E-state index in [0.29, 0.717) is 11.8 Å². The molecule has 0 aliphatic carbocycles. The van der Waals surface area contributed by atoms with Crippen LogP contribution in [0.3, 0.4) is 0 Å². The van der Waals surface area contributed by atoms with Crippen molar-refractivity contribution < 1.29 is 9.13 Å². The molecule has 0 aromatic heterocycles. The number of ether oxygens (including phenoxy) is 1. The molecule has 1 N–H and O–H groups in total. The molecular weight excluding hydrogens is 243 g/mol. The predicted octanol–water partition coefficient (Wildman–Crippen LogP) is 2.02. The number of nitrogens with one attached hydrogen (secondary N) is 1. The molecule has 3 aliphatic heterocycles. The SMILES string of the molecule is COc1cc(CN2C[C@H]3CC[C@@H]2CNC3)ccc1F. The van der Waals surface area contributed by atoms with Crippen molar-refractivity contribution in [1.29, 1.82) is 0 Å². The summed E-state index contributed by atoms with van der Waals surface area (Å²) in [7, 11) is 1.51. The standard InChI is InChI=1S/C15H21FN2O/c1-19-15-6-11(3-5-14(15)16)9-18-10-12-2-4-13(18)8-17-7-12/h3,5-6,12-13,17H,2,4,7-10H2,1H3/t12-,13+/m0/s1. The van der Waals surface area contributed by atoms with E-state index in [1.54, 1.807) is 0 Å². The van der Waals surface area contributed by atoms with Crippen LogP contribution in [0.5, 0.6) is 5.75 Å². The molecule has 3 saturated heterocycles. The second-order valence-electron chi connectivity index (χ2n) is 5.65. The van der Waals surface area contributed by atoms with Gasteiger partial charge in [0.25, 0.3) is 0 Å². The molecule has 0 spiro atoms. The first kappa shape index (κ1) is 12.9. The molecule has 4 rings (SSSR count). The van der Waals surface area contributed by atoms with Crippen molar-refractivity contribution in [3.63, 3.8) is 0 Å². The average molecular weight is 264 g/mol. The van der Waals surface area contributed by atoms with E-state index in [2.05, 4.69) is 10.2 Å². The molecule has 1 aromatic carbocycles. The average Bonchev–Trinajstić information content (AvgIpc) is 2.76. The van der Waals surface area contributed by atoms with Gasteiger partial charge in [0.1, 0.15) is 0 Å². The van der Waals surface area contributed by atoms with E-state index in [4.69, 9.17) is 4.74 Å². The van der Waals surface area contributed by atoms with Crippen molar-refractivity contribution in [3.05, 3.63) is 29.6 Å². The Bertz CT molecular complexity index is 448. The van der Waals surface area contributed by atoms with Crippen LogP contribution in [0.25, 0.3) is 0 Å². The molecular formula is C15H21FN2O. The van der Waals surface area contributed by atoms with Gasteiger partial charge < -0.3 is 10.1 Å². The largest absolute Gasteiger partial charge is 0.494 e. The summed E-state index contributed by atoms with van der Waals surface area (Å²) in [6.07, 6.45) is 2.61. The van der Waals surface area contributed by atoms with Gasteiger partial charge in [-0.15, -0.1) is 0 Å². The van der Waals surface area contributed by atoms with Crippen LogP contribution in [-0.4, -0.2) is 37.7 Å². The molecule has 3 heterocycles. The fourth-order valence-corrected chi connectivity index (χ4v) is 3.27. The van der Waals surface area contributed by atoms with Crippen LogP contribution in [0.2, 0.25) is 0 Å². The molecule has 0 amide bonds. The number of methoxy groups -OCH3 is 1. The topological polar surface area (TPSA) is 24.5 Å². The van der Waals surface area contributed by atoms with Gasteiger partial charge in [-0.25, -0.2) is 4.39 Å². The highest BCUT2D eigenvalue weighted by atomic mass is 19.1. The molecule has 3 aliphatic rings. The van der Waals surface area contributed by atoms with Crippen LogP contribution in [0.1, 0.15) is 18.4 Å². The minimum absolute atomic E-state index is 0.287. The summed E-state index contributed by atoms with van der Waals surface area (Å²) in [5.41, 5.74) is 1.13. The third-order valence-corrected chi connectivity index (χ3v) is 4.33. The van der Waals surface area contributed by atoms with Crippen LogP contribution in [-0.2, 0) is 6.54 Å². The molecule has 19 heavy (non-hydrogen) atoms. The molecule has 3 nitrogen and oxygen atoms in total. The molecule has 1 aromatic rings. The first-order chi connectivity index (χ1) is 9.26. The maximum absolute atomic E-state index is 13.4. The summed E-state index contributed by atoms with van der Waals surface area (Å²) in [4.78, 5) is 2.53. The van der Waals surface area contributed by atoms with Crippen molar-refractivity contribution >= 4 is 0 Å². The number of hydrogen-bond donors (Lipinski definition) is 1. The van der Waals surface area contributed by atoms with E-state index in [9.17, 15) is 4.39 Å². The van der Waals surface area contributed by atoms with Crippen LogP contribution in [0.4, 0.5) is 4.39 Å². The zero-order valence-corrected chi connectivity index (χ0v) is 11.4. The Morgan fingerprint density at radius 3 is 3.11 bits per heavy atom. The van der Waals surface area contributed by atoms with E-state index >= 15 is 0 Å². The smallest absolute Gasteiger partial charge is 0.165 e. The normalized spacial score (nSPS) is 27.3. The summed E-state index contributed by atoms with van der Waals surface area (Å²) in [5.74, 6) is 0.821. The van der Waals surface area contributed by atoms with Gasteiger partial charge in [0.05, 0.1) is 7.11 Å². The summed E-state index contributed by atoms with van der Waals surface area (Å²) in [5, 5.41) is 3.53. The lowest BCUT2D eigenvalue weighted by atomic mass is 9.94. The highest BCUT2D eigenvalue weighted by Gasteiger charge is 2.31. The molecule has 3 fully saturated rings. The van der Waals surface area contributed by atoms with Gasteiger partial charge in [-0.05, 0) is 43.0 Å². The Labute approximate surface area is 113 Å². The minimum atomic E-state index is -0.287. The molecule has 0 radical (unpaired) electrons. The van der Waals surface area contributed by atoms with Crippen molar-refractivity contribution in [1.82, 2.24) is 10.2 Å². The Balaban J connectivity index is 1.74. The van der Waals surface area contributed by atoms with E-state index in [0.717, 1.165) is 37.7 Å². The number of rotatable bonds is 3. The number of halogens is 1. The van der Waals surface area contributed by atoms with Gasteiger partial charge in [0, 0.05) is 25.7 Å². The monoisotopic (exact) mass is 264 g/mol. The van der Waals surface area contributed by atoms with Crippen LogP contribution in [0.15, 0.2) is 18.2 Å². The second-order valence-corrected chi connectivity index (χ2v) is 5.65. The summed E-state index contributed by atoms with van der Waals surface area (Å²) in [6.45, 7) is 4.26. The lowest BCUT2D eigenvalue weighted by Crippen LogP contribution is -2.42. The summed E-state index contributed by atoms with van der Waals surface area (Å²) in [6, 6.07) is 5.81. The summed E-state index contributed by atoms with van der Waals surface area (Å²) >= 11 is 0. The maximum Gasteiger partial charge on any atom is 0.165 e. The number of nitrogens with zero attached hydrogens (tertiary/aromatic N) is 1. The van der Waals surface area contributed by atoms with E-state index in [1.807, 2.05) is 12.1 Å². The van der Waals surface area contributed by atoms with Crippen molar-refractivity contribution in [2.45, 2.75) is 25.4 Å². The Kier molecular flexibility index (Phi) is 3.71. The van der Waals surface area contributed by atoms with Gasteiger partial charge in [0.2, 0.25) is 0 Å². The third-order valence-electron chi connectivity index (χ3n) is 4.33. The number of piperidine rings is 1. The number of benzene rings is 1. The van der Waals surface area contributed by atoms with Gasteiger partial charge in [0.15, 0.2) is 11.6 Å². The van der Waals surface area contributed by atoms with Crippen LogP contribution >= 0.6 is 0 Å². The first-order valence-corrected chi connectivity index (χ1v) is 7.03. The Morgan fingerprint density at radius 1 is 1.37 bits per heavy atom. The van der Waals surface area contributed by atoms with Gasteiger partial charge in [-0.1, -0.05) is 6.07 Å². The van der Waals surface area contributed by atoms with Crippen LogP contribution in [0, 0.1) is 11.7 Å². The summed E-state index contributed by atoms with van der Waals surface area (Å²) < 4.78 is 18.5. The maximum atomic E-state index is 13.4. The Hall–Kier alpha value is -1.13. The zero-order valence-electron chi connectivity index (χ0n) is 11.4. The van der Waals surface area contributed by atoms with Crippen molar-refractivity contribution in [2.24, 2.45) is 5.92 Å². The van der Waals surface area contributed by atoms with E-state index in [-0.39, 0.29) is 5.82 Å². The van der Waals surface area contributed by atoms with Crippen LogP contribution < -0.4 is 10.1 Å². The molecule has 2 bridgehead atoms. The highest BCUT2D eigenvalue weighted by Crippen LogP contribution is 2.27. The van der Waals surface area contributed by atoms with E-state index in [1.165, 1.54) is 26.0 Å². The highest BCUT2D eigenvalue weighted by molar-refractivity contribution is 5.30.